The Labute approximate surface area is 140 Å². The molecule has 2 rings (SSSR count). The number of carbonyl (C=O) groups excluding carboxylic acids is 1. The number of nitrogens with zero attached hydrogens (tertiary/aromatic N) is 2. The van der Waals surface area contributed by atoms with Crippen LogP contribution >= 0.6 is 46.1 Å². The molecular weight excluding hydrogens is 357 g/mol. The van der Waals surface area contributed by atoms with Gasteiger partial charge in [-0.15, -0.1) is 11.3 Å². The lowest BCUT2D eigenvalue weighted by atomic mass is 10.3. The lowest BCUT2D eigenvalue weighted by molar-refractivity contribution is 0.0461. The van der Waals surface area contributed by atoms with Gasteiger partial charge in [0.05, 0.1) is 21.4 Å². The first-order chi connectivity index (χ1) is 9.93. The van der Waals surface area contributed by atoms with Crippen LogP contribution < -0.4 is 5.73 Å². The van der Waals surface area contributed by atoms with Gasteiger partial charge in [0.25, 0.3) is 0 Å². The maximum Gasteiger partial charge on any atom is 0.359 e. The normalized spacial score (nSPS) is 10.7. The molecule has 21 heavy (non-hydrogen) atoms. The summed E-state index contributed by atoms with van der Waals surface area (Å²) in [5, 5.41) is 2.61. The van der Waals surface area contributed by atoms with E-state index in [4.69, 9.17) is 45.3 Å². The molecule has 0 bridgehead atoms. The Morgan fingerprint density at radius 2 is 2.05 bits per heavy atom. The van der Waals surface area contributed by atoms with E-state index in [1.165, 1.54) is 11.3 Å². The Morgan fingerprint density at radius 1 is 1.33 bits per heavy atom. The number of hydrogen-bond donors (Lipinski definition) is 1. The van der Waals surface area contributed by atoms with Gasteiger partial charge in [0, 0.05) is 5.38 Å². The molecule has 0 aliphatic rings. The van der Waals surface area contributed by atoms with Crippen molar-refractivity contribution < 1.29 is 9.53 Å². The average Bonchev–Trinajstić information content (AvgIpc) is 2.94. The number of carbonyl (C=O) groups is 1. The van der Waals surface area contributed by atoms with E-state index < -0.39 is 5.97 Å². The molecule has 2 heterocycles. The second-order valence-corrected chi connectivity index (χ2v) is 6.01. The highest BCUT2D eigenvalue weighted by Crippen LogP contribution is 2.34. The molecule has 0 saturated carbocycles. The maximum absolute atomic E-state index is 12.0. The van der Waals surface area contributed by atoms with Crippen LogP contribution in [0.25, 0.3) is 0 Å². The third-order valence-corrected chi connectivity index (χ3v) is 4.70. The number of thiazole rings is 1. The molecule has 0 amide bonds. The molecule has 0 fully saturated rings. The molecule has 2 aromatic rings. The quantitative estimate of drug-likeness (QED) is 0.653. The Kier molecular flexibility index (Phi) is 5.27. The molecule has 2 aromatic heterocycles. The lowest BCUT2D eigenvalue weighted by Gasteiger charge is -2.08. The van der Waals surface area contributed by atoms with Crippen LogP contribution in [-0.2, 0) is 17.8 Å². The number of halogens is 3. The summed E-state index contributed by atoms with van der Waals surface area (Å²) in [6.07, 6.45) is 0.829. The summed E-state index contributed by atoms with van der Waals surface area (Å²) in [6, 6.07) is 0. The zero-order chi connectivity index (χ0) is 15.6. The summed E-state index contributed by atoms with van der Waals surface area (Å²) in [4.78, 5) is 20.1. The number of esters is 1. The van der Waals surface area contributed by atoms with Crippen molar-refractivity contribution in [2.45, 2.75) is 20.0 Å². The van der Waals surface area contributed by atoms with E-state index in [1.54, 1.807) is 0 Å². The van der Waals surface area contributed by atoms with Crippen LogP contribution in [0.2, 0.25) is 15.2 Å². The minimum Gasteiger partial charge on any atom is -0.454 e. The lowest BCUT2D eigenvalue weighted by Crippen LogP contribution is -2.10. The van der Waals surface area contributed by atoms with Crippen LogP contribution in [0.1, 0.15) is 28.1 Å². The monoisotopic (exact) mass is 365 g/mol. The molecule has 0 aliphatic heterocycles. The molecule has 0 aliphatic carbocycles. The zero-order valence-electron chi connectivity index (χ0n) is 10.8. The van der Waals surface area contributed by atoms with Crippen LogP contribution in [0.15, 0.2) is 5.38 Å². The third-order valence-electron chi connectivity index (χ3n) is 2.52. The van der Waals surface area contributed by atoms with Crippen LogP contribution in [0.3, 0.4) is 0 Å². The fourth-order valence-electron chi connectivity index (χ4n) is 1.45. The van der Waals surface area contributed by atoms with Gasteiger partial charge in [-0.3, -0.25) is 0 Å². The predicted octanol–water partition coefficient (Wildman–Crippen LogP) is 4.00. The standard InChI is InChI=1S/C12H10Cl3N3O2S/c1-2-6-17-5(4-21-6)3-20-12(19)10-7(13)9(16)8(14)11(15)18-10/h4H,2-3H2,1H3,(H2,16,18). The third kappa shape index (κ3) is 3.58. The van der Waals surface area contributed by atoms with E-state index in [2.05, 4.69) is 9.97 Å². The molecule has 0 spiro atoms. The van der Waals surface area contributed by atoms with Gasteiger partial charge in [0.15, 0.2) is 10.8 Å². The number of aryl methyl sites for hydroxylation is 1. The number of nitrogens with two attached hydrogens (primary N) is 1. The summed E-state index contributed by atoms with van der Waals surface area (Å²) in [5.41, 5.74) is 6.13. The molecule has 9 heteroatoms. The Hall–Kier alpha value is -1.08. The van der Waals surface area contributed by atoms with Crippen molar-refractivity contribution in [2.75, 3.05) is 5.73 Å². The number of rotatable bonds is 4. The Balaban J connectivity index is 2.14. The summed E-state index contributed by atoms with van der Waals surface area (Å²) >= 11 is 19.0. The number of pyridine rings is 1. The van der Waals surface area contributed by atoms with Gasteiger partial charge >= 0.3 is 5.97 Å². The van der Waals surface area contributed by atoms with Gasteiger partial charge in [0.1, 0.15) is 11.6 Å². The highest BCUT2D eigenvalue weighted by molar-refractivity contribution is 7.09. The first kappa shape index (κ1) is 16.3. The second kappa shape index (κ2) is 6.79. The topological polar surface area (TPSA) is 78.1 Å². The minimum atomic E-state index is -0.740. The molecule has 112 valence electrons. The first-order valence-electron chi connectivity index (χ1n) is 5.84. The molecule has 0 unspecified atom stereocenters. The van der Waals surface area contributed by atoms with E-state index in [-0.39, 0.29) is 33.2 Å². The van der Waals surface area contributed by atoms with Crippen molar-refractivity contribution in [2.24, 2.45) is 0 Å². The van der Waals surface area contributed by atoms with Gasteiger partial charge in [0.2, 0.25) is 0 Å². The largest absolute Gasteiger partial charge is 0.454 e. The van der Waals surface area contributed by atoms with Crippen molar-refractivity contribution in [1.29, 1.82) is 0 Å². The van der Waals surface area contributed by atoms with E-state index in [1.807, 2.05) is 12.3 Å². The maximum atomic E-state index is 12.0. The zero-order valence-corrected chi connectivity index (χ0v) is 13.9. The van der Waals surface area contributed by atoms with Crippen LogP contribution in [0.4, 0.5) is 5.69 Å². The number of hydrogen-bond acceptors (Lipinski definition) is 6. The Morgan fingerprint density at radius 3 is 2.67 bits per heavy atom. The highest BCUT2D eigenvalue weighted by Gasteiger charge is 2.21. The second-order valence-electron chi connectivity index (χ2n) is 3.96. The summed E-state index contributed by atoms with van der Waals surface area (Å²) in [7, 11) is 0. The van der Waals surface area contributed by atoms with Crippen molar-refractivity contribution >= 4 is 57.8 Å². The van der Waals surface area contributed by atoms with Crippen molar-refractivity contribution in [3.05, 3.63) is 37.0 Å². The Bertz CT molecular complexity index is 691. The summed E-state index contributed by atoms with van der Waals surface area (Å²) < 4.78 is 5.10. The molecule has 0 atom stereocenters. The molecule has 0 saturated heterocycles. The molecule has 0 aromatic carbocycles. The number of aromatic nitrogens is 2. The van der Waals surface area contributed by atoms with Gasteiger partial charge in [-0.05, 0) is 6.42 Å². The molecule has 2 N–H and O–H groups in total. The van der Waals surface area contributed by atoms with E-state index >= 15 is 0 Å². The fourth-order valence-corrected chi connectivity index (χ4v) is 2.77. The summed E-state index contributed by atoms with van der Waals surface area (Å²) in [6.45, 7) is 2.02. The number of ether oxygens (including phenoxy) is 1. The SMILES string of the molecule is CCc1nc(COC(=O)c2nc(Cl)c(Cl)c(N)c2Cl)cs1. The number of anilines is 1. The fraction of sp³-hybridized carbons (Fsp3) is 0.250. The number of nitrogen functional groups attached to an aromatic ring is 1. The van der Waals surface area contributed by atoms with Crippen molar-refractivity contribution in [3.8, 4) is 0 Å². The van der Waals surface area contributed by atoms with Crippen molar-refractivity contribution in [3.63, 3.8) is 0 Å². The highest BCUT2D eigenvalue weighted by atomic mass is 35.5. The summed E-state index contributed by atoms with van der Waals surface area (Å²) in [5.74, 6) is -0.740. The van der Waals surface area contributed by atoms with Crippen LogP contribution in [0.5, 0.6) is 0 Å². The van der Waals surface area contributed by atoms with Crippen molar-refractivity contribution in [1.82, 2.24) is 9.97 Å². The van der Waals surface area contributed by atoms with Crippen LogP contribution in [0, 0.1) is 0 Å². The smallest absolute Gasteiger partial charge is 0.359 e. The average molecular weight is 367 g/mol. The predicted molar refractivity (Wildman–Crippen MR) is 84.3 cm³/mol. The van der Waals surface area contributed by atoms with E-state index in [0.29, 0.717) is 5.69 Å². The molecule has 5 nitrogen and oxygen atoms in total. The first-order valence-corrected chi connectivity index (χ1v) is 7.85. The van der Waals surface area contributed by atoms with Gasteiger partial charge < -0.3 is 10.5 Å². The van der Waals surface area contributed by atoms with Gasteiger partial charge in [-0.1, -0.05) is 41.7 Å². The van der Waals surface area contributed by atoms with E-state index in [9.17, 15) is 4.79 Å². The van der Waals surface area contributed by atoms with Crippen LogP contribution in [-0.4, -0.2) is 15.9 Å². The van der Waals surface area contributed by atoms with Gasteiger partial charge in [-0.25, -0.2) is 14.8 Å². The molecule has 0 radical (unpaired) electrons. The minimum absolute atomic E-state index is 0.00491. The van der Waals surface area contributed by atoms with Gasteiger partial charge in [-0.2, -0.15) is 0 Å². The van der Waals surface area contributed by atoms with E-state index in [0.717, 1.165) is 11.4 Å². The molecular formula is C12H10Cl3N3O2S.